The molecule has 90 valence electrons. The molecule has 1 aromatic rings. The van der Waals surface area contributed by atoms with Gasteiger partial charge < -0.3 is 10.0 Å². The van der Waals surface area contributed by atoms with Crippen LogP contribution >= 0.6 is 0 Å². The fourth-order valence-electron chi connectivity index (χ4n) is 2.89. The molecule has 3 rings (SSSR count). The predicted octanol–water partition coefficient (Wildman–Crippen LogP) is 2.26. The van der Waals surface area contributed by atoms with Gasteiger partial charge in [-0.05, 0) is 42.9 Å². The fraction of sp³-hybridized carbons (Fsp3) is 0.500. The maximum Gasteiger partial charge on any atom is 0.307 e. The van der Waals surface area contributed by atoms with Crippen molar-refractivity contribution in [1.29, 1.82) is 0 Å². The molecule has 0 bridgehead atoms. The van der Waals surface area contributed by atoms with Crippen LogP contribution in [0, 0.1) is 5.92 Å². The summed E-state index contributed by atoms with van der Waals surface area (Å²) in [5.41, 5.74) is 3.94. The molecule has 0 unspecified atom stereocenters. The Labute approximate surface area is 101 Å². The van der Waals surface area contributed by atoms with Crippen LogP contribution in [-0.2, 0) is 11.2 Å². The Morgan fingerprint density at radius 2 is 2.35 bits per heavy atom. The number of anilines is 1. The summed E-state index contributed by atoms with van der Waals surface area (Å²) >= 11 is 0. The average molecular weight is 231 g/mol. The normalized spacial score (nSPS) is 25.8. The highest BCUT2D eigenvalue weighted by atomic mass is 16.4. The Morgan fingerprint density at radius 1 is 1.53 bits per heavy atom. The minimum atomic E-state index is -0.648. The molecule has 0 saturated heterocycles. The molecule has 1 saturated carbocycles. The zero-order valence-corrected chi connectivity index (χ0v) is 10.0. The smallest absolute Gasteiger partial charge is 0.307 e. The lowest BCUT2D eigenvalue weighted by Gasteiger charge is -2.16. The first-order chi connectivity index (χ1) is 8.20. The molecule has 17 heavy (non-hydrogen) atoms. The van der Waals surface area contributed by atoms with Gasteiger partial charge in [0.05, 0.1) is 5.92 Å². The maximum absolute atomic E-state index is 10.9. The molecule has 3 nitrogen and oxygen atoms in total. The lowest BCUT2D eigenvalue weighted by atomic mass is 10.0. The Kier molecular flexibility index (Phi) is 2.35. The van der Waals surface area contributed by atoms with E-state index in [1.807, 2.05) is 0 Å². The van der Waals surface area contributed by atoms with Gasteiger partial charge in [-0.15, -0.1) is 0 Å². The highest BCUT2D eigenvalue weighted by molar-refractivity contribution is 5.75. The number of rotatable bonds is 3. The number of aliphatic carboxylic acids is 1. The van der Waals surface area contributed by atoms with Crippen LogP contribution in [0.25, 0.3) is 0 Å². The number of likely N-dealkylation sites (N-methyl/N-ethyl adjacent to an activating group) is 1. The molecule has 1 N–H and O–H groups in total. The molecular weight excluding hydrogens is 214 g/mol. The van der Waals surface area contributed by atoms with Crippen molar-refractivity contribution in [2.24, 2.45) is 5.92 Å². The van der Waals surface area contributed by atoms with Gasteiger partial charge in [0.15, 0.2) is 0 Å². The average Bonchev–Trinajstić information content (AvgIpc) is 3.03. The zero-order chi connectivity index (χ0) is 12.0. The van der Waals surface area contributed by atoms with Crippen molar-refractivity contribution in [3.8, 4) is 0 Å². The fourth-order valence-corrected chi connectivity index (χ4v) is 2.89. The van der Waals surface area contributed by atoms with Crippen LogP contribution in [0.15, 0.2) is 18.2 Å². The van der Waals surface area contributed by atoms with Gasteiger partial charge in [0.2, 0.25) is 0 Å². The van der Waals surface area contributed by atoms with Gasteiger partial charge in [-0.25, -0.2) is 0 Å². The number of carbonyl (C=O) groups is 1. The van der Waals surface area contributed by atoms with Crippen molar-refractivity contribution in [3.05, 3.63) is 29.3 Å². The number of hydrogen-bond donors (Lipinski definition) is 1. The molecule has 0 radical (unpaired) electrons. The van der Waals surface area contributed by atoms with E-state index in [1.165, 1.54) is 16.8 Å². The molecule has 3 heteroatoms. The van der Waals surface area contributed by atoms with Crippen LogP contribution < -0.4 is 4.90 Å². The first kappa shape index (κ1) is 10.6. The molecule has 1 aromatic carbocycles. The van der Waals surface area contributed by atoms with Crippen molar-refractivity contribution in [2.45, 2.75) is 25.7 Å². The quantitative estimate of drug-likeness (QED) is 0.867. The number of benzene rings is 1. The second-order valence-electron chi connectivity index (χ2n) is 5.00. The van der Waals surface area contributed by atoms with Gasteiger partial charge in [-0.1, -0.05) is 12.1 Å². The molecule has 2 atom stereocenters. The molecule has 1 heterocycles. The summed E-state index contributed by atoms with van der Waals surface area (Å²) in [6, 6.07) is 6.50. The van der Waals surface area contributed by atoms with Gasteiger partial charge in [-0.2, -0.15) is 0 Å². The standard InChI is InChI=1S/C14H17NO2/c1-2-15-6-5-10-7-9(3-4-13(10)15)11-8-12(11)14(16)17/h3-4,7,11-12H,2,5-6,8H2,1H3,(H,16,17)/t11-,12+/m0/s1. The predicted molar refractivity (Wildman–Crippen MR) is 66.5 cm³/mol. The first-order valence-corrected chi connectivity index (χ1v) is 6.31. The monoisotopic (exact) mass is 231 g/mol. The molecule has 1 aliphatic carbocycles. The summed E-state index contributed by atoms with van der Waals surface area (Å²) in [7, 11) is 0. The third kappa shape index (κ3) is 1.70. The van der Waals surface area contributed by atoms with Crippen molar-refractivity contribution in [3.63, 3.8) is 0 Å². The van der Waals surface area contributed by atoms with E-state index in [4.69, 9.17) is 5.11 Å². The van der Waals surface area contributed by atoms with Crippen LogP contribution in [0.5, 0.6) is 0 Å². The second-order valence-corrected chi connectivity index (χ2v) is 5.00. The summed E-state index contributed by atoms with van der Waals surface area (Å²) in [5, 5.41) is 8.95. The number of hydrogen-bond acceptors (Lipinski definition) is 2. The number of nitrogens with zero attached hydrogens (tertiary/aromatic N) is 1. The zero-order valence-electron chi connectivity index (χ0n) is 10.0. The van der Waals surface area contributed by atoms with Gasteiger partial charge in [0.25, 0.3) is 0 Å². The molecule has 1 fully saturated rings. The molecule has 0 aromatic heterocycles. The molecular formula is C14H17NO2. The van der Waals surface area contributed by atoms with E-state index < -0.39 is 5.97 Å². The highest BCUT2D eigenvalue weighted by Crippen LogP contribution is 2.48. The maximum atomic E-state index is 10.9. The van der Waals surface area contributed by atoms with E-state index >= 15 is 0 Å². The summed E-state index contributed by atoms with van der Waals surface area (Å²) in [6.45, 7) is 4.32. The van der Waals surface area contributed by atoms with Crippen LogP contribution in [0.4, 0.5) is 5.69 Å². The highest BCUT2D eigenvalue weighted by Gasteiger charge is 2.44. The minimum absolute atomic E-state index is 0.142. The Balaban J connectivity index is 1.84. The topological polar surface area (TPSA) is 40.5 Å². The summed E-state index contributed by atoms with van der Waals surface area (Å²) < 4.78 is 0. The minimum Gasteiger partial charge on any atom is -0.481 e. The third-order valence-electron chi connectivity index (χ3n) is 4.01. The SMILES string of the molecule is CCN1CCc2cc([C@@H]3C[C@H]3C(=O)O)ccc21. The second kappa shape index (κ2) is 3.76. The van der Waals surface area contributed by atoms with E-state index in [-0.39, 0.29) is 11.8 Å². The van der Waals surface area contributed by atoms with E-state index in [1.54, 1.807) is 0 Å². The van der Waals surface area contributed by atoms with Crippen molar-refractivity contribution in [1.82, 2.24) is 0 Å². The number of carboxylic acids is 1. The Hall–Kier alpha value is -1.51. The van der Waals surface area contributed by atoms with Crippen molar-refractivity contribution >= 4 is 11.7 Å². The Bertz CT molecular complexity index is 469. The lowest BCUT2D eigenvalue weighted by molar-refractivity contribution is -0.138. The molecule has 0 amide bonds. The molecule has 1 aliphatic heterocycles. The number of carboxylic acid groups (broad SMARTS) is 1. The van der Waals surface area contributed by atoms with Gasteiger partial charge in [0, 0.05) is 18.8 Å². The summed E-state index contributed by atoms with van der Waals surface area (Å²) in [5.74, 6) is -0.532. The van der Waals surface area contributed by atoms with E-state index in [2.05, 4.69) is 30.0 Å². The van der Waals surface area contributed by atoms with Crippen LogP contribution in [0.3, 0.4) is 0 Å². The Morgan fingerprint density at radius 3 is 3.00 bits per heavy atom. The lowest BCUT2D eigenvalue weighted by Crippen LogP contribution is -2.18. The van der Waals surface area contributed by atoms with Gasteiger partial charge in [-0.3, -0.25) is 4.79 Å². The van der Waals surface area contributed by atoms with E-state index in [0.717, 1.165) is 25.9 Å². The van der Waals surface area contributed by atoms with Crippen LogP contribution in [-0.4, -0.2) is 24.2 Å². The number of fused-ring (bicyclic) bond motifs is 1. The van der Waals surface area contributed by atoms with E-state index in [0.29, 0.717) is 0 Å². The molecule has 0 spiro atoms. The first-order valence-electron chi connectivity index (χ1n) is 6.31. The van der Waals surface area contributed by atoms with Crippen LogP contribution in [0.2, 0.25) is 0 Å². The van der Waals surface area contributed by atoms with Gasteiger partial charge >= 0.3 is 5.97 Å². The molecule has 2 aliphatic rings. The summed E-state index contributed by atoms with van der Waals surface area (Å²) in [6.07, 6.45) is 1.91. The summed E-state index contributed by atoms with van der Waals surface area (Å²) in [4.78, 5) is 13.2. The van der Waals surface area contributed by atoms with Crippen LogP contribution in [0.1, 0.15) is 30.4 Å². The van der Waals surface area contributed by atoms with Gasteiger partial charge in [0.1, 0.15) is 0 Å². The third-order valence-corrected chi connectivity index (χ3v) is 4.01. The van der Waals surface area contributed by atoms with Crippen molar-refractivity contribution in [2.75, 3.05) is 18.0 Å². The van der Waals surface area contributed by atoms with Crippen molar-refractivity contribution < 1.29 is 9.90 Å². The van der Waals surface area contributed by atoms with E-state index in [9.17, 15) is 4.79 Å². The largest absolute Gasteiger partial charge is 0.481 e.